The summed E-state index contributed by atoms with van der Waals surface area (Å²) in [5, 5.41) is 5.52. The first-order valence-electron chi connectivity index (χ1n) is 10.3. The van der Waals surface area contributed by atoms with E-state index >= 15 is 0 Å². The fraction of sp³-hybridized carbons (Fsp3) is 0.391. The van der Waals surface area contributed by atoms with Crippen LogP contribution in [0.2, 0.25) is 0 Å². The fourth-order valence-electron chi connectivity index (χ4n) is 2.98. The molecule has 0 aromatic heterocycles. The molecule has 0 bridgehead atoms. The van der Waals surface area contributed by atoms with Gasteiger partial charge in [0.1, 0.15) is 0 Å². The number of hydrogen-bond donors (Lipinski definition) is 2. The molecule has 0 fully saturated rings. The quantitative estimate of drug-likeness (QED) is 0.538. The van der Waals surface area contributed by atoms with Crippen LogP contribution in [0.25, 0.3) is 0 Å². The zero-order valence-electron chi connectivity index (χ0n) is 17.7. The summed E-state index contributed by atoms with van der Waals surface area (Å²) in [6.45, 7) is 4.53. The number of hydrogen-bond acceptors (Lipinski definition) is 2. The fourth-order valence-corrected chi connectivity index (χ4v) is 2.98. The van der Waals surface area contributed by atoms with E-state index in [0.717, 1.165) is 30.5 Å². The Bertz CT molecular complexity index is 839. The van der Waals surface area contributed by atoms with Gasteiger partial charge < -0.3 is 15.5 Å². The predicted octanol–water partition coefficient (Wildman–Crippen LogP) is 5.61. The third kappa shape index (κ3) is 7.96. The molecule has 2 aromatic carbocycles. The first-order chi connectivity index (χ1) is 14.7. The summed E-state index contributed by atoms with van der Waals surface area (Å²) in [5.74, 6) is -0.180. The maximum atomic E-state index is 12.7. The number of rotatable bonds is 9. The molecule has 2 rings (SSSR count). The molecule has 1 atom stereocenters. The predicted molar refractivity (Wildman–Crippen MR) is 115 cm³/mol. The Labute approximate surface area is 180 Å². The normalized spacial score (nSPS) is 12.2. The Hall–Kier alpha value is -3.03. The minimum absolute atomic E-state index is 0.126. The number of unbranched alkanes of at least 4 members (excludes halogenated alkanes) is 1. The number of carbonyl (C=O) groups is 2. The van der Waals surface area contributed by atoms with Crippen molar-refractivity contribution in [1.29, 1.82) is 0 Å². The Balaban J connectivity index is 1.92. The molecule has 168 valence electrons. The van der Waals surface area contributed by atoms with Crippen molar-refractivity contribution in [3.05, 3.63) is 65.7 Å². The average Bonchev–Trinajstić information content (AvgIpc) is 2.74. The van der Waals surface area contributed by atoms with Gasteiger partial charge in [-0.2, -0.15) is 13.2 Å². The van der Waals surface area contributed by atoms with Gasteiger partial charge in [-0.1, -0.05) is 43.7 Å². The van der Waals surface area contributed by atoms with E-state index in [-0.39, 0.29) is 30.6 Å². The SMILES string of the molecule is CCCCN(CCC(=O)NC(C)c1ccccc1)C(=O)Nc1ccc(C(F)(F)F)cc1. The van der Waals surface area contributed by atoms with Crippen molar-refractivity contribution in [3.63, 3.8) is 0 Å². The smallest absolute Gasteiger partial charge is 0.350 e. The number of carbonyl (C=O) groups excluding carboxylic acids is 2. The molecule has 2 aromatic rings. The van der Waals surface area contributed by atoms with Gasteiger partial charge in [0.25, 0.3) is 0 Å². The Morgan fingerprint density at radius 2 is 1.65 bits per heavy atom. The summed E-state index contributed by atoms with van der Waals surface area (Å²) in [6, 6.07) is 13.2. The highest BCUT2D eigenvalue weighted by atomic mass is 19.4. The van der Waals surface area contributed by atoms with Gasteiger partial charge in [-0.05, 0) is 43.2 Å². The second-order valence-electron chi connectivity index (χ2n) is 7.30. The monoisotopic (exact) mass is 435 g/mol. The van der Waals surface area contributed by atoms with Gasteiger partial charge in [-0.15, -0.1) is 0 Å². The number of benzene rings is 2. The van der Waals surface area contributed by atoms with Gasteiger partial charge in [0, 0.05) is 25.2 Å². The maximum Gasteiger partial charge on any atom is 0.416 e. The number of halogens is 3. The molecule has 8 heteroatoms. The molecule has 0 saturated carbocycles. The summed E-state index contributed by atoms with van der Waals surface area (Å²) in [7, 11) is 0. The van der Waals surface area contributed by atoms with E-state index in [0.29, 0.717) is 6.54 Å². The maximum absolute atomic E-state index is 12.7. The summed E-state index contributed by atoms with van der Waals surface area (Å²) in [6.07, 6.45) is -2.69. The van der Waals surface area contributed by atoms with Gasteiger partial charge in [-0.3, -0.25) is 4.79 Å². The second kappa shape index (κ2) is 11.4. The molecule has 0 aliphatic heterocycles. The molecule has 1 unspecified atom stereocenters. The summed E-state index contributed by atoms with van der Waals surface area (Å²) in [5.41, 5.74) is 0.470. The first-order valence-corrected chi connectivity index (χ1v) is 10.3. The molecule has 31 heavy (non-hydrogen) atoms. The summed E-state index contributed by atoms with van der Waals surface area (Å²) >= 11 is 0. The average molecular weight is 435 g/mol. The number of nitrogens with zero attached hydrogens (tertiary/aromatic N) is 1. The van der Waals surface area contributed by atoms with Crippen LogP contribution in [-0.4, -0.2) is 29.9 Å². The van der Waals surface area contributed by atoms with Gasteiger partial charge in [0.15, 0.2) is 0 Å². The third-order valence-corrected chi connectivity index (χ3v) is 4.82. The number of nitrogens with one attached hydrogen (secondary N) is 2. The summed E-state index contributed by atoms with van der Waals surface area (Å²) < 4.78 is 38.1. The standard InChI is InChI=1S/C23H28F3N3O2/c1-3-4-15-29(16-14-21(30)27-17(2)18-8-6-5-7-9-18)22(31)28-20-12-10-19(11-13-20)23(24,25)26/h5-13,17H,3-4,14-16H2,1-2H3,(H,27,30)(H,28,31). The van der Waals surface area contributed by atoms with E-state index in [1.54, 1.807) is 0 Å². The van der Waals surface area contributed by atoms with E-state index in [4.69, 9.17) is 0 Å². The van der Waals surface area contributed by atoms with Crippen LogP contribution in [0.1, 0.15) is 50.3 Å². The van der Waals surface area contributed by atoms with Crippen LogP contribution in [0, 0.1) is 0 Å². The van der Waals surface area contributed by atoms with Crippen LogP contribution in [0.3, 0.4) is 0 Å². The molecule has 3 amide bonds. The van der Waals surface area contributed by atoms with Gasteiger partial charge in [0.05, 0.1) is 11.6 Å². The van der Waals surface area contributed by atoms with Crippen LogP contribution >= 0.6 is 0 Å². The molecule has 0 radical (unpaired) electrons. The number of alkyl halides is 3. The zero-order valence-corrected chi connectivity index (χ0v) is 17.7. The minimum Gasteiger partial charge on any atom is -0.350 e. The lowest BCUT2D eigenvalue weighted by atomic mass is 10.1. The van der Waals surface area contributed by atoms with Gasteiger partial charge >= 0.3 is 12.2 Å². The molecule has 0 aliphatic rings. The van der Waals surface area contributed by atoms with Gasteiger partial charge in [0.2, 0.25) is 5.91 Å². The molecular weight excluding hydrogens is 407 g/mol. The van der Waals surface area contributed by atoms with Crippen molar-refractivity contribution in [3.8, 4) is 0 Å². The van der Waals surface area contributed by atoms with E-state index in [9.17, 15) is 22.8 Å². The highest BCUT2D eigenvalue weighted by Gasteiger charge is 2.30. The summed E-state index contributed by atoms with van der Waals surface area (Å²) in [4.78, 5) is 26.5. The topological polar surface area (TPSA) is 61.4 Å². The largest absolute Gasteiger partial charge is 0.416 e. The number of urea groups is 1. The van der Waals surface area contributed by atoms with Gasteiger partial charge in [-0.25, -0.2) is 4.79 Å². The molecule has 0 spiro atoms. The lowest BCUT2D eigenvalue weighted by Gasteiger charge is -2.23. The Kier molecular flexibility index (Phi) is 8.90. The third-order valence-electron chi connectivity index (χ3n) is 4.82. The zero-order chi connectivity index (χ0) is 22.9. The van der Waals surface area contributed by atoms with E-state index in [1.165, 1.54) is 17.0 Å². The van der Waals surface area contributed by atoms with E-state index in [1.807, 2.05) is 44.2 Å². The molecular formula is C23H28F3N3O2. The lowest BCUT2D eigenvalue weighted by molar-refractivity contribution is -0.137. The van der Waals surface area contributed by atoms with Crippen molar-refractivity contribution in [2.24, 2.45) is 0 Å². The molecule has 0 aliphatic carbocycles. The van der Waals surface area contributed by atoms with Crippen LogP contribution < -0.4 is 10.6 Å². The van der Waals surface area contributed by atoms with E-state index in [2.05, 4.69) is 10.6 Å². The van der Waals surface area contributed by atoms with Crippen LogP contribution in [0.15, 0.2) is 54.6 Å². The second-order valence-corrected chi connectivity index (χ2v) is 7.30. The van der Waals surface area contributed by atoms with Crippen LogP contribution in [0.5, 0.6) is 0 Å². The minimum atomic E-state index is -4.43. The highest BCUT2D eigenvalue weighted by Crippen LogP contribution is 2.29. The van der Waals surface area contributed by atoms with Crippen molar-refractivity contribution in [1.82, 2.24) is 10.2 Å². The molecule has 0 heterocycles. The van der Waals surface area contributed by atoms with Crippen LogP contribution in [0.4, 0.5) is 23.7 Å². The Morgan fingerprint density at radius 1 is 1.00 bits per heavy atom. The van der Waals surface area contributed by atoms with Crippen molar-refractivity contribution >= 4 is 17.6 Å². The number of anilines is 1. The van der Waals surface area contributed by atoms with Crippen molar-refractivity contribution < 1.29 is 22.8 Å². The number of amides is 3. The van der Waals surface area contributed by atoms with Crippen LogP contribution in [-0.2, 0) is 11.0 Å². The molecule has 5 nitrogen and oxygen atoms in total. The first kappa shape index (κ1) is 24.2. The van der Waals surface area contributed by atoms with Crippen molar-refractivity contribution in [2.45, 2.75) is 45.3 Å². The molecule has 2 N–H and O–H groups in total. The highest BCUT2D eigenvalue weighted by molar-refractivity contribution is 5.89. The van der Waals surface area contributed by atoms with Crippen molar-refractivity contribution in [2.75, 3.05) is 18.4 Å². The lowest BCUT2D eigenvalue weighted by Crippen LogP contribution is -2.39. The Morgan fingerprint density at radius 3 is 2.23 bits per heavy atom. The van der Waals surface area contributed by atoms with E-state index < -0.39 is 17.8 Å². The molecule has 0 saturated heterocycles.